The third-order valence-corrected chi connectivity index (χ3v) is 2.78. The molecule has 1 rings (SSSR count). The van der Waals surface area contributed by atoms with E-state index >= 15 is 0 Å². The summed E-state index contributed by atoms with van der Waals surface area (Å²) in [5.74, 6) is 6.67. The van der Waals surface area contributed by atoms with Gasteiger partial charge in [0, 0.05) is 29.6 Å². The highest BCUT2D eigenvalue weighted by atomic mass is 35.5. The molecule has 0 aliphatic rings. The Morgan fingerprint density at radius 2 is 2.17 bits per heavy atom. The molecule has 0 spiro atoms. The fourth-order valence-corrected chi connectivity index (χ4v) is 1.72. The number of halogens is 1. The molecule has 1 N–H and O–H groups in total. The molecule has 98 valence electrons. The number of benzene rings is 1. The maximum atomic E-state index is 6.20. The van der Waals surface area contributed by atoms with Gasteiger partial charge >= 0.3 is 0 Å². The van der Waals surface area contributed by atoms with Crippen LogP contribution in [0.1, 0.15) is 32.8 Å². The van der Waals surface area contributed by atoms with Crippen molar-refractivity contribution in [1.82, 2.24) is 5.32 Å². The minimum absolute atomic E-state index is 0.417. The molecular formula is C15H20ClNO. The Morgan fingerprint density at radius 3 is 2.83 bits per heavy atom. The van der Waals surface area contributed by atoms with Crippen LogP contribution in [0.2, 0.25) is 5.02 Å². The lowest BCUT2D eigenvalue weighted by molar-refractivity contribution is 0.322. The number of rotatable bonds is 6. The molecule has 0 aliphatic heterocycles. The topological polar surface area (TPSA) is 21.3 Å². The van der Waals surface area contributed by atoms with Crippen LogP contribution in [0.15, 0.2) is 18.2 Å². The van der Waals surface area contributed by atoms with Crippen LogP contribution < -0.4 is 10.1 Å². The van der Waals surface area contributed by atoms with Gasteiger partial charge in [0.1, 0.15) is 5.75 Å². The lowest BCUT2D eigenvalue weighted by Gasteiger charge is -2.14. The first kappa shape index (κ1) is 14.9. The fourth-order valence-electron chi connectivity index (χ4n) is 1.49. The molecule has 0 aliphatic carbocycles. The van der Waals surface area contributed by atoms with Crippen LogP contribution >= 0.6 is 11.6 Å². The molecule has 0 heterocycles. The highest BCUT2D eigenvalue weighted by molar-refractivity contribution is 6.31. The van der Waals surface area contributed by atoms with Crippen molar-refractivity contribution in [2.24, 2.45) is 0 Å². The van der Waals surface area contributed by atoms with Crippen molar-refractivity contribution in [3.05, 3.63) is 28.8 Å². The smallest absolute Gasteiger partial charge is 0.125 e. The second-order valence-corrected chi connectivity index (χ2v) is 4.68. The molecule has 1 aromatic rings. The van der Waals surface area contributed by atoms with Crippen molar-refractivity contribution < 1.29 is 4.74 Å². The van der Waals surface area contributed by atoms with Gasteiger partial charge in [-0.3, -0.25) is 0 Å². The van der Waals surface area contributed by atoms with E-state index in [1.54, 1.807) is 0 Å². The zero-order valence-corrected chi connectivity index (χ0v) is 12.0. The molecule has 0 saturated heterocycles. The van der Waals surface area contributed by atoms with E-state index in [1.165, 1.54) is 0 Å². The van der Waals surface area contributed by atoms with Crippen LogP contribution in [-0.2, 0) is 6.54 Å². The van der Waals surface area contributed by atoms with E-state index in [0.29, 0.717) is 19.2 Å². The third-order valence-electron chi connectivity index (χ3n) is 2.42. The van der Waals surface area contributed by atoms with Gasteiger partial charge in [0.05, 0.1) is 6.61 Å². The number of hydrogen-bond donors (Lipinski definition) is 1. The van der Waals surface area contributed by atoms with E-state index < -0.39 is 0 Å². The molecule has 0 fully saturated rings. The molecule has 0 bridgehead atoms. The third kappa shape index (κ3) is 5.00. The molecule has 0 radical (unpaired) electrons. The van der Waals surface area contributed by atoms with Crippen LogP contribution in [0.5, 0.6) is 5.75 Å². The second-order valence-electron chi connectivity index (χ2n) is 4.28. The maximum absolute atomic E-state index is 6.20. The lowest BCUT2D eigenvalue weighted by Crippen LogP contribution is -2.22. The normalized spacial score (nSPS) is 10.1. The summed E-state index contributed by atoms with van der Waals surface area (Å²) in [6, 6.07) is 6.16. The molecule has 0 unspecified atom stereocenters. The van der Waals surface area contributed by atoms with Crippen molar-refractivity contribution in [2.75, 3.05) is 6.61 Å². The fraction of sp³-hybridized carbons (Fsp3) is 0.467. The summed E-state index contributed by atoms with van der Waals surface area (Å²) in [6.07, 6.45) is 0.736. The van der Waals surface area contributed by atoms with E-state index in [4.69, 9.17) is 16.3 Å². The molecule has 1 aromatic carbocycles. The van der Waals surface area contributed by atoms with Gasteiger partial charge in [-0.1, -0.05) is 31.5 Å². The van der Waals surface area contributed by atoms with Gasteiger partial charge < -0.3 is 10.1 Å². The quantitative estimate of drug-likeness (QED) is 0.626. The summed E-state index contributed by atoms with van der Waals surface area (Å²) in [5.41, 5.74) is 1.01. The predicted molar refractivity (Wildman–Crippen MR) is 77.0 cm³/mol. The second kappa shape index (κ2) is 8.02. The highest BCUT2D eigenvalue weighted by Crippen LogP contribution is 2.26. The monoisotopic (exact) mass is 265 g/mol. The van der Waals surface area contributed by atoms with Gasteiger partial charge in [-0.15, -0.1) is 11.8 Å². The summed E-state index contributed by atoms with van der Waals surface area (Å²) < 4.78 is 5.73. The number of ether oxygens (including phenoxy) is 1. The van der Waals surface area contributed by atoms with Crippen molar-refractivity contribution >= 4 is 11.6 Å². The Hall–Kier alpha value is -1.17. The van der Waals surface area contributed by atoms with Gasteiger partial charge in [0.25, 0.3) is 0 Å². The molecule has 0 saturated carbocycles. The largest absolute Gasteiger partial charge is 0.492 e. The Morgan fingerprint density at radius 1 is 1.39 bits per heavy atom. The molecule has 0 aromatic heterocycles. The van der Waals surface area contributed by atoms with Gasteiger partial charge in [0.15, 0.2) is 0 Å². The van der Waals surface area contributed by atoms with E-state index in [-0.39, 0.29) is 0 Å². The predicted octanol–water partition coefficient (Wildman–Crippen LogP) is 3.63. The van der Waals surface area contributed by atoms with E-state index in [2.05, 4.69) is 31.0 Å². The summed E-state index contributed by atoms with van der Waals surface area (Å²) in [7, 11) is 0. The zero-order valence-electron chi connectivity index (χ0n) is 11.2. The van der Waals surface area contributed by atoms with Crippen molar-refractivity contribution in [3.8, 4) is 17.6 Å². The summed E-state index contributed by atoms with van der Waals surface area (Å²) in [6.45, 7) is 7.35. The highest BCUT2D eigenvalue weighted by Gasteiger charge is 2.08. The van der Waals surface area contributed by atoms with Gasteiger partial charge in [-0.2, -0.15) is 0 Å². The minimum Gasteiger partial charge on any atom is -0.492 e. The van der Waals surface area contributed by atoms with Crippen molar-refractivity contribution in [3.63, 3.8) is 0 Å². The average molecular weight is 266 g/mol. The molecular weight excluding hydrogens is 246 g/mol. The van der Waals surface area contributed by atoms with Crippen LogP contribution in [-0.4, -0.2) is 12.6 Å². The van der Waals surface area contributed by atoms with E-state index in [9.17, 15) is 0 Å². The maximum Gasteiger partial charge on any atom is 0.125 e. The Bertz CT molecular complexity index is 432. The number of nitrogens with one attached hydrogen (secondary N) is 1. The summed E-state index contributed by atoms with van der Waals surface area (Å²) in [4.78, 5) is 0. The number of hydrogen-bond acceptors (Lipinski definition) is 2. The molecule has 0 atom stereocenters. The molecule has 3 heteroatoms. The Labute approximate surface area is 115 Å². The SMILES string of the molecule is CC#CCCOc1cccc(Cl)c1CNC(C)C. The van der Waals surface area contributed by atoms with Crippen molar-refractivity contribution in [1.29, 1.82) is 0 Å². The first-order valence-corrected chi connectivity index (χ1v) is 6.56. The van der Waals surface area contributed by atoms with Crippen LogP contribution in [0.25, 0.3) is 0 Å². The first-order chi connectivity index (χ1) is 8.65. The van der Waals surface area contributed by atoms with Crippen LogP contribution in [0.3, 0.4) is 0 Å². The zero-order chi connectivity index (χ0) is 13.4. The summed E-state index contributed by atoms with van der Waals surface area (Å²) >= 11 is 6.20. The Kier molecular flexibility index (Phi) is 6.64. The standard InChI is InChI=1S/C15H20ClNO/c1-4-5-6-10-18-15-9-7-8-14(16)13(15)11-17-12(2)3/h7-9,12,17H,6,10-11H2,1-3H3. The lowest BCUT2D eigenvalue weighted by atomic mass is 10.2. The van der Waals surface area contributed by atoms with Crippen LogP contribution in [0.4, 0.5) is 0 Å². The Balaban J connectivity index is 2.69. The van der Waals surface area contributed by atoms with Gasteiger partial charge in [-0.25, -0.2) is 0 Å². The van der Waals surface area contributed by atoms with Crippen LogP contribution in [0, 0.1) is 11.8 Å². The minimum atomic E-state index is 0.417. The summed E-state index contributed by atoms with van der Waals surface area (Å²) in [5, 5.41) is 4.09. The van der Waals surface area contributed by atoms with Crippen molar-refractivity contribution in [2.45, 2.75) is 39.8 Å². The molecule has 18 heavy (non-hydrogen) atoms. The van der Waals surface area contributed by atoms with E-state index in [0.717, 1.165) is 22.8 Å². The van der Waals surface area contributed by atoms with Gasteiger partial charge in [0.2, 0.25) is 0 Å². The molecule has 0 amide bonds. The molecule has 2 nitrogen and oxygen atoms in total. The van der Waals surface area contributed by atoms with Gasteiger partial charge in [-0.05, 0) is 19.1 Å². The average Bonchev–Trinajstić information content (AvgIpc) is 2.33. The first-order valence-electron chi connectivity index (χ1n) is 6.18. The van der Waals surface area contributed by atoms with E-state index in [1.807, 2.05) is 25.1 Å².